The molecule has 1 N–H and O–H groups in total. The van der Waals surface area contributed by atoms with Crippen LogP contribution in [-0.4, -0.2) is 34.9 Å². The third-order valence-corrected chi connectivity index (χ3v) is 2.44. The van der Waals surface area contributed by atoms with Gasteiger partial charge in [0.1, 0.15) is 0 Å². The van der Waals surface area contributed by atoms with Gasteiger partial charge in [0, 0.05) is 0 Å². The number of oxime groups is 1. The Kier molecular flexibility index (Phi) is 3.93. The molecule has 0 saturated carbocycles. The molecule has 0 spiro atoms. The van der Waals surface area contributed by atoms with Crippen LogP contribution in [0.3, 0.4) is 0 Å². The molecule has 0 atom stereocenters. The molecule has 1 aliphatic heterocycles. The molecule has 1 saturated heterocycles. The molecule has 0 aromatic rings. The smallest absolute Gasteiger partial charge is 0.344 e. The van der Waals surface area contributed by atoms with Crippen molar-refractivity contribution in [2.45, 2.75) is 12.8 Å². The fourth-order valence-corrected chi connectivity index (χ4v) is 1.84. The maximum atomic E-state index is 10.0. The van der Waals surface area contributed by atoms with Gasteiger partial charge in [-0.1, -0.05) is 5.16 Å². The maximum absolute atomic E-state index is 10.0. The Morgan fingerprint density at radius 3 is 2.83 bits per heavy atom. The van der Waals surface area contributed by atoms with E-state index in [4.69, 9.17) is 5.11 Å². The van der Waals surface area contributed by atoms with Crippen molar-refractivity contribution in [1.82, 2.24) is 0 Å². The molecule has 0 aromatic carbocycles. The van der Waals surface area contributed by atoms with E-state index in [1.807, 2.05) is 11.8 Å². The van der Waals surface area contributed by atoms with Gasteiger partial charge in [-0.3, -0.25) is 0 Å². The SMILES string of the molecule is O=C(O)CON=C1CCSCC1. The summed E-state index contributed by atoms with van der Waals surface area (Å²) in [5, 5.41) is 12.0. The van der Waals surface area contributed by atoms with Gasteiger partial charge in [0.2, 0.25) is 6.61 Å². The normalized spacial score (nSPS) is 17.2. The summed E-state index contributed by atoms with van der Waals surface area (Å²) in [4.78, 5) is 14.7. The molecule has 1 fully saturated rings. The molecule has 4 nitrogen and oxygen atoms in total. The lowest BCUT2D eigenvalue weighted by atomic mass is 10.2. The van der Waals surface area contributed by atoms with E-state index < -0.39 is 5.97 Å². The van der Waals surface area contributed by atoms with E-state index in [0.29, 0.717) is 0 Å². The minimum atomic E-state index is -0.982. The molecule has 1 rings (SSSR count). The first-order chi connectivity index (χ1) is 5.79. The molecule has 0 unspecified atom stereocenters. The van der Waals surface area contributed by atoms with Gasteiger partial charge in [-0.05, 0) is 24.3 Å². The monoisotopic (exact) mass is 189 g/mol. The van der Waals surface area contributed by atoms with Crippen LogP contribution in [-0.2, 0) is 9.63 Å². The standard InChI is InChI=1S/C7H11NO3S/c9-7(10)5-11-8-6-1-3-12-4-2-6/h1-5H2,(H,9,10). The maximum Gasteiger partial charge on any atom is 0.344 e. The summed E-state index contributed by atoms with van der Waals surface area (Å²) in [5.74, 6) is 1.15. The molecule has 0 aliphatic carbocycles. The Morgan fingerprint density at radius 1 is 1.58 bits per heavy atom. The van der Waals surface area contributed by atoms with Crippen molar-refractivity contribution < 1.29 is 14.7 Å². The first-order valence-corrected chi connectivity index (χ1v) is 4.92. The third kappa shape index (κ3) is 3.61. The van der Waals surface area contributed by atoms with Crippen LogP contribution < -0.4 is 0 Å². The highest BCUT2D eigenvalue weighted by atomic mass is 32.2. The summed E-state index contributed by atoms with van der Waals surface area (Å²) in [6.45, 7) is -0.337. The molecule has 0 aromatic heterocycles. The minimum absolute atomic E-state index is 0.337. The van der Waals surface area contributed by atoms with Crippen molar-refractivity contribution in [3.8, 4) is 0 Å². The lowest BCUT2D eigenvalue weighted by Crippen LogP contribution is -2.11. The van der Waals surface area contributed by atoms with E-state index in [2.05, 4.69) is 9.99 Å². The number of hydrogen-bond acceptors (Lipinski definition) is 4. The molecule has 0 amide bonds. The van der Waals surface area contributed by atoms with Crippen LogP contribution in [0, 0.1) is 0 Å². The van der Waals surface area contributed by atoms with E-state index in [0.717, 1.165) is 30.1 Å². The Balaban J connectivity index is 2.20. The highest BCUT2D eigenvalue weighted by molar-refractivity contribution is 7.99. The molecule has 12 heavy (non-hydrogen) atoms. The number of carboxylic acid groups (broad SMARTS) is 1. The number of nitrogens with zero attached hydrogens (tertiary/aromatic N) is 1. The highest BCUT2D eigenvalue weighted by Crippen LogP contribution is 2.14. The van der Waals surface area contributed by atoms with Crippen molar-refractivity contribution in [1.29, 1.82) is 0 Å². The van der Waals surface area contributed by atoms with E-state index in [9.17, 15) is 4.79 Å². The number of hydrogen-bond donors (Lipinski definition) is 1. The van der Waals surface area contributed by atoms with Gasteiger partial charge in [0.05, 0.1) is 5.71 Å². The van der Waals surface area contributed by atoms with Gasteiger partial charge >= 0.3 is 5.97 Å². The van der Waals surface area contributed by atoms with Crippen LogP contribution in [0.4, 0.5) is 0 Å². The predicted octanol–water partition coefficient (Wildman–Crippen LogP) is 0.971. The van der Waals surface area contributed by atoms with Crippen molar-refractivity contribution >= 4 is 23.4 Å². The summed E-state index contributed by atoms with van der Waals surface area (Å²) in [7, 11) is 0. The van der Waals surface area contributed by atoms with Crippen LogP contribution in [0.25, 0.3) is 0 Å². The van der Waals surface area contributed by atoms with E-state index >= 15 is 0 Å². The molecular weight excluding hydrogens is 178 g/mol. The first-order valence-electron chi connectivity index (χ1n) is 3.76. The summed E-state index contributed by atoms with van der Waals surface area (Å²) < 4.78 is 0. The van der Waals surface area contributed by atoms with Crippen molar-refractivity contribution in [2.24, 2.45) is 5.16 Å². The number of aliphatic carboxylic acids is 1. The second-order valence-corrected chi connectivity index (χ2v) is 3.66. The summed E-state index contributed by atoms with van der Waals surface area (Å²) in [5.41, 5.74) is 0.981. The lowest BCUT2D eigenvalue weighted by Gasteiger charge is -2.10. The molecule has 68 valence electrons. The number of carboxylic acids is 1. The fraction of sp³-hybridized carbons (Fsp3) is 0.714. The lowest BCUT2D eigenvalue weighted by molar-refractivity contribution is -0.142. The van der Waals surface area contributed by atoms with Crippen molar-refractivity contribution in [2.75, 3.05) is 18.1 Å². The summed E-state index contributed by atoms with van der Waals surface area (Å²) in [6.07, 6.45) is 1.84. The molecule has 0 bridgehead atoms. The van der Waals surface area contributed by atoms with E-state index in [1.165, 1.54) is 0 Å². The van der Waals surface area contributed by atoms with Gasteiger partial charge < -0.3 is 9.94 Å². The van der Waals surface area contributed by atoms with Crippen molar-refractivity contribution in [3.63, 3.8) is 0 Å². The van der Waals surface area contributed by atoms with Gasteiger partial charge in [0.25, 0.3) is 0 Å². The summed E-state index contributed by atoms with van der Waals surface area (Å²) in [6, 6.07) is 0. The molecule has 1 aliphatic rings. The van der Waals surface area contributed by atoms with Gasteiger partial charge in [-0.2, -0.15) is 11.8 Å². The number of thioether (sulfide) groups is 1. The van der Waals surface area contributed by atoms with Crippen LogP contribution in [0.15, 0.2) is 5.16 Å². The quantitative estimate of drug-likeness (QED) is 0.672. The largest absolute Gasteiger partial charge is 0.479 e. The second-order valence-electron chi connectivity index (χ2n) is 2.44. The van der Waals surface area contributed by atoms with Gasteiger partial charge in [-0.15, -0.1) is 0 Å². The second kappa shape index (κ2) is 5.03. The zero-order chi connectivity index (χ0) is 8.81. The molecule has 5 heteroatoms. The number of rotatable bonds is 3. The van der Waals surface area contributed by atoms with Crippen LogP contribution >= 0.6 is 11.8 Å². The molecule has 0 radical (unpaired) electrons. The fourth-order valence-electron chi connectivity index (χ4n) is 0.877. The topological polar surface area (TPSA) is 58.9 Å². The zero-order valence-electron chi connectivity index (χ0n) is 6.65. The Hall–Kier alpha value is -0.710. The third-order valence-electron chi connectivity index (χ3n) is 1.45. The van der Waals surface area contributed by atoms with Crippen LogP contribution in [0.5, 0.6) is 0 Å². The van der Waals surface area contributed by atoms with E-state index in [-0.39, 0.29) is 6.61 Å². The molecule has 1 heterocycles. The number of carbonyl (C=O) groups is 1. The van der Waals surface area contributed by atoms with Crippen LogP contribution in [0.1, 0.15) is 12.8 Å². The minimum Gasteiger partial charge on any atom is -0.479 e. The highest BCUT2D eigenvalue weighted by Gasteiger charge is 2.07. The Bertz CT molecular complexity index is 185. The van der Waals surface area contributed by atoms with Gasteiger partial charge in [0.15, 0.2) is 0 Å². The predicted molar refractivity (Wildman–Crippen MR) is 47.6 cm³/mol. The summed E-state index contributed by atoms with van der Waals surface area (Å²) >= 11 is 1.89. The zero-order valence-corrected chi connectivity index (χ0v) is 7.47. The average molecular weight is 189 g/mol. The van der Waals surface area contributed by atoms with Crippen molar-refractivity contribution in [3.05, 3.63) is 0 Å². The molecular formula is C7H11NO3S. The first kappa shape index (κ1) is 9.38. The van der Waals surface area contributed by atoms with Crippen LogP contribution in [0.2, 0.25) is 0 Å². The van der Waals surface area contributed by atoms with E-state index in [1.54, 1.807) is 0 Å². The Labute approximate surface area is 75.0 Å². The average Bonchev–Trinajstić information content (AvgIpc) is 2.05. The Morgan fingerprint density at radius 2 is 2.25 bits per heavy atom. The van der Waals surface area contributed by atoms with Gasteiger partial charge in [-0.25, -0.2) is 4.79 Å².